The lowest BCUT2D eigenvalue weighted by molar-refractivity contribution is -0.384. The summed E-state index contributed by atoms with van der Waals surface area (Å²) in [7, 11) is 1.29. The maximum Gasteiger partial charge on any atom is 0.338 e. The van der Waals surface area contributed by atoms with Crippen molar-refractivity contribution in [2.45, 2.75) is 0 Å². The number of nitro benzene ring substituents is 1. The first-order valence-electron chi connectivity index (χ1n) is 6.26. The Labute approximate surface area is 131 Å². The van der Waals surface area contributed by atoms with E-state index in [9.17, 15) is 14.9 Å². The second-order valence-corrected chi connectivity index (χ2v) is 4.85. The standard InChI is InChI=1S/C16H12ClNO4/c1-10(11-7-8-14(17)15(9-11)18(20)21)12-5-3-4-6-13(12)16(19)22-2/h3-9H,1H2,2H3. The van der Waals surface area contributed by atoms with Gasteiger partial charge in [-0.15, -0.1) is 0 Å². The maximum atomic E-state index is 11.8. The lowest BCUT2D eigenvalue weighted by Crippen LogP contribution is -2.05. The summed E-state index contributed by atoms with van der Waals surface area (Å²) in [6.07, 6.45) is 0. The SMILES string of the molecule is C=C(c1ccc(Cl)c([N+](=O)[O-])c1)c1ccccc1C(=O)OC. The van der Waals surface area contributed by atoms with Crippen molar-refractivity contribution < 1.29 is 14.5 Å². The molecule has 0 unspecified atom stereocenters. The summed E-state index contributed by atoms with van der Waals surface area (Å²) in [6, 6.07) is 11.1. The first-order chi connectivity index (χ1) is 10.5. The van der Waals surface area contributed by atoms with Crippen LogP contribution in [0.2, 0.25) is 5.02 Å². The molecule has 0 amide bonds. The van der Waals surface area contributed by atoms with Crippen LogP contribution in [0.4, 0.5) is 5.69 Å². The molecule has 0 saturated heterocycles. The maximum absolute atomic E-state index is 11.8. The van der Waals surface area contributed by atoms with E-state index in [1.54, 1.807) is 30.3 Å². The Balaban J connectivity index is 2.52. The van der Waals surface area contributed by atoms with Crippen molar-refractivity contribution in [3.8, 4) is 0 Å². The zero-order valence-corrected chi connectivity index (χ0v) is 12.5. The van der Waals surface area contributed by atoms with Crippen molar-refractivity contribution in [3.05, 3.63) is 80.9 Å². The van der Waals surface area contributed by atoms with E-state index in [-0.39, 0.29) is 10.7 Å². The molecule has 0 fully saturated rings. The van der Waals surface area contributed by atoms with Crippen LogP contribution in [0.1, 0.15) is 21.5 Å². The van der Waals surface area contributed by atoms with E-state index in [4.69, 9.17) is 16.3 Å². The minimum absolute atomic E-state index is 0.0443. The normalized spacial score (nSPS) is 10.1. The predicted molar refractivity (Wildman–Crippen MR) is 84.0 cm³/mol. The third-order valence-electron chi connectivity index (χ3n) is 3.15. The largest absolute Gasteiger partial charge is 0.465 e. The van der Waals surface area contributed by atoms with Gasteiger partial charge in [0.05, 0.1) is 17.6 Å². The lowest BCUT2D eigenvalue weighted by Gasteiger charge is -2.11. The molecule has 22 heavy (non-hydrogen) atoms. The van der Waals surface area contributed by atoms with E-state index in [0.29, 0.717) is 22.3 Å². The molecule has 0 bridgehead atoms. The van der Waals surface area contributed by atoms with E-state index in [0.717, 1.165) is 0 Å². The Kier molecular flexibility index (Phi) is 4.58. The van der Waals surface area contributed by atoms with E-state index in [1.165, 1.54) is 19.2 Å². The van der Waals surface area contributed by atoms with Crippen LogP contribution in [0.5, 0.6) is 0 Å². The predicted octanol–water partition coefficient (Wildman–Crippen LogP) is 4.10. The lowest BCUT2D eigenvalue weighted by atomic mass is 9.95. The summed E-state index contributed by atoms with van der Waals surface area (Å²) in [4.78, 5) is 22.2. The number of halogens is 1. The zero-order chi connectivity index (χ0) is 16.3. The summed E-state index contributed by atoms with van der Waals surface area (Å²) in [5, 5.41) is 11.0. The van der Waals surface area contributed by atoms with Crippen LogP contribution in [0.3, 0.4) is 0 Å². The number of hydrogen-bond donors (Lipinski definition) is 0. The number of carbonyl (C=O) groups is 1. The molecule has 0 atom stereocenters. The van der Waals surface area contributed by atoms with Crippen molar-refractivity contribution in [1.29, 1.82) is 0 Å². The van der Waals surface area contributed by atoms with E-state index in [1.807, 2.05) is 0 Å². The van der Waals surface area contributed by atoms with Crippen molar-refractivity contribution >= 4 is 28.8 Å². The van der Waals surface area contributed by atoms with E-state index < -0.39 is 10.9 Å². The zero-order valence-electron chi connectivity index (χ0n) is 11.7. The van der Waals surface area contributed by atoms with Gasteiger partial charge in [-0.1, -0.05) is 42.4 Å². The van der Waals surface area contributed by atoms with Crippen molar-refractivity contribution in [2.75, 3.05) is 7.11 Å². The van der Waals surface area contributed by atoms with Crippen LogP contribution in [0.25, 0.3) is 5.57 Å². The molecule has 0 aliphatic rings. The summed E-state index contributed by atoms with van der Waals surface area (Å²) in [6.45, 7) is 3.93. The third kappa shape index (κ3) is 2.99. The van der Waals surface area contributed by atoms with Gasteiger partial charge < -0.3 is 4.74 Å². The minimum Gasteiger partial charge on any atom is -0.465 e. The number of rotatable bonds is 4. The second-order valence-electron chi connectivity index (χ2n) is 4.44. The monoisotopic (exact) mass is 317 g/mol. The molecule has 2 aromatic rings. The number of esters is 1. The highest BCUT2D eigenvalue weighted by atomic mass is 35.5. The molecule has 6 heteroatoms. The van der Waals surface area contributed by atoms with Gasteiger partial charge >= 0.3 is 5.97 Å². The van der Waals surface area contributed by atoms with Crippen LogP contribution in [0, 0.1) is 10.1 Å². The van der Waals surface area contributed by atoms with Crippen molar-refractivity contribution in [3.63, 3.8) is 0 Å². The number of carbonyl (C=O) groups excluding carboxylic acids is 1. The fraction of sp³-hybridized carbons (Fsp3) is 0.0625. The fourth-order valence-corrected chi connectivity index (χ4v) is 2.22. The minimum atomic E-state index is -0.564. The van der Waals surface area contributed by atoms with Crippen LogP contribution in [-0.2, 0) is 4.74 Å². The van der Waals surface area contributed by atoms with Gasteiger partial charge in [0.15, 0.2) is 0 Å². The Bertz CT molecular complexity index is 770. The van der Waals surface area contributed by atoms with Gasteiger partial charge in [0.2, 0.25) is 0 Å². The van der Waals surface area contributed by atoms with Gasteiger partial charge in [-0.3, -0.25) is 10.1 Å². The van der Waals surface area contributed by atoms with Gasteiger partial charge in [-0.05, 0) is 28.8 Å². The summed E-state index contributed by atoms with van der Waals surface area (Å²) >= 11 is 5.80. The summed E-state index contributed by atoms with van der Waals surface area (Å²) < 4.78 is 4.73. The molecule has 112 valence electrons. The molecule has 0 saturated carbocycles. The van der Waals surface area contributed by atoms with Crippen LogP contribution in [0.15, 0.2) is 49.0 Å². The first-order valence-corrected chi connectivity index (χ1v) is 6.64. The average molecular weight is 318 g/mol. The topological polar surface area (TPSA) is 69.4 Å². The van der Waals surface area contributed by atoms with Crippen LogP contribution < -0.4 is 0 Å². The van der Waals surface area contributed by atoms with E-state index >= 15 is 0 Å². The van der Waals surface area contributed by atoms with Gasteiger partial charge in [0, 0.05) is 6.07 Å². The molecule has 0 aliphatic heterocycles. The Hall–Kier alpha value is -2.66. The molecular weight excluding hydrogens is 306 g/mol. The first kappa shape index (κ1) is 15.7. The third-order valence-corrected chi connectivity index (χ3v) is 3.47. The molecule has 0 aliphatic carbocycles. The number of nitro groups is 1. The molecule has 2 aromatic carbocycles. The number of ether oxygens (including phenoxy) is 1. The molecule has 2 rings (SSSR count). The van der Waals surface area contributed by atoms with Gasteiger partial charge in [0.25, 0.3) is 5.69 Å². The molecule has 0 spiro atoms. The molecule has 5 nitrogen and oxygen atoms in total. The highest BCUT2D eigenvalue weighted by Crippen LogP contribution is 2.31. The van der Waals surface area contributed by atoms with Gasteiger partial charge in [-0.25, -0.2) is 4.79 Å². The molecule has 0 heterocycles. The average Bonchev–Trinajstić information content (AvgIpc) is 2.53. The quantitative estimate of drug-likeness (QED) is 0.483. The van der Waals surface area contributed by atoms with Crippen LogP contribution >= 0.6 is 11.6 Å². The molecule has 0 radical (unpaired) electrons. The highest BCUT2D eigenvalue weighted by Gasteiger charge is 2.18. The van der Waals surface area contributed by atoms with Gasteiger partial charge in [0.1, 0.15) is 5.02 Å². The molecular formula is C16H12ClNO4. The molecule has 0 N–H and O–H groups in total. The highest BCUT2D eigenvalue weighted by molar-refractivity contribution is 6.32. The van der Waals surface area contributed by atoms with Crippen molar-refractivity contribution in [1.82, 2.24) is 0 Å². The summed E-state index contributed by atoms with van der Waals surface area (Å²) in [5.74, 6) is -0.500. The molecule has 0 aromatic heterocycles. The number of methoxy groups -OCH3 is 1. The Morgan fingerprint density at radius 1 is 1.23 bits per heavy atom. The van der Waals surface area contributed by atoms with Crippen LogP contribution in [-0.4, -0.2) is 18.0 Å². The van der Waals surface area contributed by atoms with E-state index in [2.05, 4.69) is 6.58 Å². The van der Waals surface area contributed by atoms with Crippen molar-refractivity contribution in [2.24, 2.45) is 0 Å². The second kappa shape index (κ2) is 6.41. The Morgan fingerprint density at radius 2 is 1.86 bits per heavy atom. The fourth-order valence-electron chi connectivity index (χ4n) is 2.03. The number of nitrogens with zero attached hydrogens (tertiary/aromatic N) is 1. The Morgan fingerprint density at radius 3 is 2.45 bits per heavy atom. The number of benzene rings is 2. The summed E-state index contributed by atoms with van der Waals surface area (Å²) in [5.41, 5.74) is 1.66. The smallest absolute Gasteiger partial charge is 0.338 e. The number of hydrogen-bond acceptors (Lipinski definition) is 4. The van der Waals surface area contributed by atoms with Gasteiger partial charge in [-0.2, -0.15) is 0 Å².